The van der Waals surface area contributed by atoms with Crippen molar-refractivity contribution in [2.45, 2.75) is 19.9 Å². The number of ether oxygens (including phenoxy) is 1. The number of esters is 1. The molecule has 0 radical (unpaired) electrons. The Bertz CT molecular complexity index is 780. The average molecular weight is 385 g/mol. The fourth-order valence-corrected chi connectivity index (χ4v) is 3.22. The van der Waals surface area contributed by atoms with Crippen LogP contribution in [-0.2, 0) is 4.74 Å². The fourth-order valence-electron chi connectivity index (χ4n) is 3.22. The number of anilines is 2. The number of aromatic nitrogens is 4. The van der Waals surface area contributed by atoms with Gasteiger partial charge in [0.25, 0.3) is 0 Å². The minimum atomic E-state index is -0.403. The third-order valence-electron chi connectivity index (χ3n) is 4.52. The molecular weight excluding hydrogens is 358 g/mol. The molecule has 1 aliphatic rings. The largest absolute Gasteiger partial charge is 0.462 e. The van der Waals surface area contributed by atoms with Gasteiger partial charge in [-0.1, -0.05) is 0 Å². The molecule has 3 rings (SSSR count). The number of likely N-dealkylation sites (N-methyl/N-ethyl adjacent to an activating group) is 1. The number of aryl methyl sites for hydroxylation is 1. The summed E-state index contributed by atoms with van der Waals surface area (Å²) in [4.78, 5) is 36.1. The molecule has 2 aromatic rings. The Morgan fingerprint density at radius 1 is 1.11 bits per heavy atom. The molecule has 9 nitrogen and oxygen atoms in total. The van der Waals surface area contributed by atoms with Gasteiger partial charge in [-0.2, -0.15) is 0 Å². The first-order valence-electron chi connectivity index (χ1n) is 9.42. The lowest BCUT2D eigenvalue weighted by Crippen LogP contribution is -2.57. The summed E-state index contributed by atoms with van der Waals surface area (Å²) >= 11 is 0. The van der Waals surface area contributed by atoms with Gasteiger partial charge >= 0.3 is 5.97 Å². The zero-order valence-electron chi connectivity index (χ0n) is 16.9. The molecule has 0 aromatic carbocycles. The van der Waals surface area contributed by atoms with Crippen molar-refractivity contribution < 1.29 is 9.53 Å². The molecule has 0 spiro atoms. The van der Waals surface area contributed by atoms with E-state index in [0.717, 1.165) is 37.7 Å². The summed E-state index contributed by atoms with van der Waals surface area (Å²) in [6.45, 7) is 7.21. The fraction of sp³-hybridized carbons (Fsp3) is 0.526. The number of nitrogens with zero attached hydrogens (tertiary/aromatic N) is 7. The second-order valence-electron chi connectivity index (χ2n) is 7.11. The van der Waals surface area contributed by atoms with Gasteiger partial charge in [-0.05, 0) is 33.5 Å². The van der Waals surface area contributed by atoms with Crippen LogP contribution in [0.5, 0.6) is 0 Å². The van der Waals surface area contributed by atoms with Crippen LogP contribution in [0.1, 0.15) is 22.8 Å². The van der Waals surface area contributed by atoms with Gasteiger partial charge in [0.05, 0.1) is 18.2 Å². The van der Waals surface area contributed by atoms with Crippen molar-refractivity contribution in [3.8, 4) is 0 Å². The standard InChI is InChI=1S/C19H27N7O2/c1-5-28-17(27)15-10-22-19(23-11-15)26-7-6-25(13-16(26)12-24(3)4)18-20-8-14(2)9-21-18/h8-11,16H,5-7,12-13H2,1-4H3/t16-/m0/s1. The van der Waals surface area contributed by atoms with E-state index in [0.29, 0.717) is 18.1 Å². The third kappa shape index (κ3) is 4.72. The van der Waals surface area contributed by atoms with E-state index >= 15 is 0 Å². The molecule has 1 atom stereocenters. The Morgan fingerprint density at radius 2 is 1.75 bits per heavy atom. The van der Waals surface area contributed by atoms with Crippen LogP contribution in [0.3, 0.4) is 0 Å². The van der Waals surface area contributed by atoms with Crippen LogP contribution in [0.4, 0.5) is 11.9 Å². The molecule has 150 valence electrons. The molecule has 0 aliphatic carbocycles. The molecule has 0 saturated carbocycles. The van der Waals surface area contributed by atoms with Crippen molar-refractivity contribution >= 4 is 17.9 Å². The van der Waals surface area contributed by atoms with E-state index in [4.69, 9.17) is 4.74 Å². The van der Waals surface area contributed by atoms with Crippen LogP contribution in [0.2, 0.25) is 0 Å². The van der Waals surface area contributed by atoms with Gasteiger partial charge in [0.1, 0.15) is 0 Å². The van der Waals surface area contributed by atoms with E-state index in [1.54, 1.807) is 6.92 Å². The molecule has 0 N–H and O–H groups in total. The summed E-state index contributed by atoms with van der Waals surface area (Å²) in [5.74, 6) is 0.956. The predicted molar refractivity (Wildman–Crippen MR) is 107 cm³/mol. The van der Waals surface area contributed by atoms with Crippen LogP contribution in [0.25, 0.3) is 0 Å². The van der Waals surface area contributed by atoms with Crippen molar-refractivity contribution in [1.82, 2.24) is 24.8 Å². The Morgan fingerprint density at radius 3 is 2.36 bits per heavy atom. The molecule has 0 amide bonds. The molecule has 1 aliphatic heterocycles. The summed E-state index contributed by atoms with van der Waals surface area (Å²) in [5.41, 5.74) is 1.41. The normalized spacial score (nSPS) is 17.1. The van der Waals surface area contributed by atoms with Crippen LogP contribution in [0.15, 0.2) is 24.8 Å². The van der Waals surface area contributed by atoms with E-state index < -0.39 is 5.97 Å². The maximum Gasteiger partial charge on any atom is 0.341 e. The van der Waals surface area contributed by atoms with Crippen LogP contribution < -0.4 is 9.80 Å². The van der Waals surface area contributed by atoms with Crippen LogP contribution >= 0.6 is 0 Å². The number of piperazine rings is 1. The van der Waals surface area contributed by atoms with Gasteiger partial charge < -0.3 is 19.4 Å². The Kier molecular flexibility index (Phi) is 6.35. The predicted octanol–water partition coefficient (Wildman–Crippen LogP) is 1.01. The average Bonchev–Trinajstić information content (AvgIpc) is 2.68. The van der Waals surface area contributed by atoms with E-state index in [-0.39, 0.29) is 6.04 Å². The first-order valence-corrected chi connectivity index (χ1v) is 9.42. The van der Waals surface area contributed by atoms with Gasteiger partial charge in [-0.15, -0.1) is 0 Å². The molecule has 0 bridgehead atoms. The van der Waals surface area contributed by atoms with Crippen LogP contribution in [-0.4, -0.2) is 83.7 Å². The van der Waals surface area contributed by atoms with Gasteiger partial charge in [-0.3, -0.25) is 0 Å². The van der Waals surface area contributed by atoms with E-state index in [9.17, 15) is 4.79 Å². The highest BCUT2D eigenvalue weighted by Gasteiger charge is 2.30. The van der Waals surface area contributed by atoms with Gasteiger partial charge in [0.2, 0.25) is 11.9 Å². The first-order chi connectivity index (χ1) is 13.5. The lowest BCUT2D eigenvalue weighted by Gasteiger charge is -2.42. The van der Waals surface area contributed by atoms with E-state index in [1.165, 1.54) is 12.4 Å². The monoisotopic (exact) mass is 385 g/mol. The number of hydrogen-bond donors (Lipinski definition) is 0. The van der Waals surface area contributed by atoms with Gasteiger partial charge in [-0.25, -0.2) is 24.7 Å². The minimum absolute atomic E-state index is 0.169. The number of carbonyl (C=O) groups excluding carboxylic acids is 1. The van der Waals surface area contributed by atoms with Crippen molar-refractivity contribution in [1.29, 1.82) is 0 Å². The second kappa shape index (κ2) is 8.92. The molecule has 9 heteroatoms. The highest BCUT2D eigenvalue weighted by molar-refractivity contribution is 5.88. The summed E-state index contributed by atoms with van der Waals surface area (Å²) in [7, 11) is 4.09. The quantitative estimate of drug-likeness (QED) is 0.676. The highest BCUT2D eigenvalue weighted by atomic mass is 16.5. The first kappa shape index (κ1) is 19.9. The van der Waals surface area contributed by atoms with Gasteiger partial charge in [0.15, 0.2) is 0 Å². The van der Waals surface area contributed by atoms with Crippen molar-refractivity contribution in [2.75, 3.05) is 56.7 Å². The molecule has 2 aromatic heterocycles. The Hall–Kier alpha value is -2.81. The van der Waals surface area contributed by atoms with E-state index in [1.807, 2.05) is 33.4 Å². The zero-order chi connectivity index (χ0) is 20.1. The Labute approximate surface area is 165 Å². The molecule has 1 saturated heterocycles. The van der Waals surface area contributed by atoms with Crippen LogP contribution in [0, 0.1) is 6.92 Å². The lowest BCUT2D eigenvalue weighted by atomic mass is 10.1. The third-order valence-corrected chi connectivity index (χ3v) is 4.52. The smallest absolute Gasteiger partial charge is 0.341 e. The highest BCUT2D eigenvalue weighted by Crippen LogP contribution is 2.20. The topological polar surface area (TPSA) is 87.6 Å². The summed E-state index contributed by atoms with van der Waals surface area (Å²) in [6.07, 6.45) is 6.74. The summed E-state index contributed by atoms with van der Waals surface area (Å²) < 4.78 is 5.00. The van der Waals surface area contributed by atoms with Crippen molar-refractivity contribution in [2.24, 2.45) is 0 Å². The number of rotatable bonds is 6. The molecular formula is C19H27N7O2. The Balaban J connectivity index is 1.76. The van der Waals surface area contributed by atoms with E-state index in [2.05, 4.69) is 34.6 Å². The maximum absolute atomic E-state index is 11.8. The maximum atomic E-state index is 11.8. The molecule has 1 fully saturated rings. The SMILES string of the molecule is CCOC(=O)c1cnc(N2CCN(c3ncc(C)cn3)C[C@@H]2CN(C)C)nc1. The molecule has 28 heavy (non-hydrogen) atoms. The van der Waals surface area contributed by atoms with Gasteiger partial charge in [0, 0.05) is 51.0 Å². The molecule has 3 heterocycles. The minimum Gasteiger partial charge on any atom is -0.462 e. The number of hydrogen-bond acceptors (Lipinski definition) is 9. The van der Waals surface area contributed by atoms with Crippen molar-refractivity contribution in [3.05, 3.63) is 35.9 Å². The summed E-state index contributed by atoms with van der Waals surface area (Å²) in [5, 5.41) is 0. The second-order valence-corrected chi connectivity index (χ2v) is 7.11. The zero-order valence-corrected chi connectivity index (χ0v) is 16.9. The molecule has 0 unspecified atom stereocenters. The summed E-state index contributed by atoms with van der Waals surface area (Å²) in [6, 6.07) is 0.169. The lowest BCUT2D eigenvalue weighted by molar-refractivity contribution is 0.0525. The number of carbonyl (C=O) groups is 1. The van der Waals surface area contributed by atoms with Crippen molar-refractivity contribution in [3.63, 3.8) is 0 Å².